The molecule has 0 radical (unpaired) electrons. The van der Waals surface area contributed by atoms with Crippen LogP contribution < -0.4 is 25.8 Å². The van der Waals surface area contributed by atoms with Crippen LogP contribution in [0, 0.1) is 20.8 Å². The Kier molecular flexibility index (Phi) is 16.3. The lowest BCUT2D eigenvalue weighted by Gasteiger charge is -2.37. The SMILES string of the molecule is CCN(c1cc(-c2ccc(CN3CCN(CCCCCCCOc4cccc5c4C(=O)N(C4CCC(=O)NC4=O)C5=O)CC3)cc2)cc(C(=O)NCc2c(C)cc(C)n(C)c2=O)c1C)C1CCOCC1. The Morgan fingerprint density at radius 3 is 2.27 bits per heavy atom. The highest BCUT2D eigenvalue weighted by Gasteiger charge is 2.46. The second-order valence-corrected chi connectivity index (χ2v) is 19.3. The highest BCUT2D eigenvalue weighted by molar-refractivity contribution is 6.24. The zero-order chi connectivity index (χ0) is 49.5. The Morgan fingerprint density at radius 2 is 1.54 bits per heavy atom. The summed E-state index contributed by atoms with van der Waals surface area (Å²) in [6.07, 6.45) is 7.19. The third-order valence-electron chi connectivity index (χ3n) is 14.8. The normalized spacial score (nSPS) is 18.0. The Morgan fingerprint density at radius 1 is 0.829 bits per heavy atom. The maximum atomic E-state index is 14.1. The smallest absolute Gasteiger partial charge is 0.266 e. The number of anilines is 1. The summed E-state index contributed by atoms with van der Waals surface area (Å²) in [6.45, 7) is 16.9. The number of fused-ring (bicyclic) bond motifs is 1. The number of piperidine rings is 1. The van der Waals surface area contributed by atoms with Gasteiger partial charge in [-0.05, 0) is 124 Å². The van der Waals surface area contributed by atoms with Gasteiger partial charge in [0.05, 0.1) is 17.7 Å². The number of ether oxygens (including phenoxy) is 2. The number of carbonyl (C=O) groups excluding carboxylic acids is 5. The number of pyridine rings is 1. The largest absolute Gasteiger partial charge is 0.493 e. The van der Waals surface area contributed by atoms with Crippen LogP contribution >= 0.6 is 0 Å². The van der Waals surface area contributed by atoms with E-state index in [4.69, 9.17) is 9.47 Å². The van der Waals surface area contributed by atoms with Crippen LogP contribution in [0.4, 0.5) is 5.69 Å². The average molecular weight is 956 g/mol. The standard InChI is InChI=1S/C55H69N7O8/c1-6-61(42-21-29-69-30-22-42)47-33-41(32-44(38(47)4)51(64)56-34-45-36(2)31-37(3)58(5)53(45)66)40-17-15-39(16-18-40)35-60-26-24-59(25-27-60)23-10-8-7-9-11-28-70-48-14-12-13-43-50(48)55(68)62(54(43)67)46-19-20-49(63)57-52(46)65/h12-18,31-33,42,46H,6-11,19-30,34-35H2,1-5H3,(H,56,64)(H,57,63,65). The van der Waals surface area contributed by atoms with Crippen molar-refractivity contribution in [1.29, 1.82) is 0 Å². The van der Waals surface area contributed by atoms with E-state index in [1.54, 1.807) is 29.8 Å². The average Bonchev–Trinajstić information content (AvgIpc) is 3.61. The molecule has 15 nitrogen and oxygen atoms in total. The third kappa shape index (κ3) is 11.2. The van der Waals surface area contributed by atoms with Crippen LogP contribution in [0.5, 0.6) is 5.75 Å². The Balaban J connectivity index is 0.794. The molecule has 4 aliphatic heterocycles. The Bertz CT molecular complexity index is 2650. The lowest BCUT2D eigenvalue weighted by Crippen LogP contribution is -2.54. The van der Waals surface area contributed by atoms with Crippen LogP contribution in [-0.4, -0.2) is 120 Å². The molecule has 0 bridgehead atoms. The van der Waals surface area contributed by atoms with E-state index in [9.17, 15) is 28.8 Å². The number of amides is 5. The van der Waals surface area contributed by atoms with E-state index >= 15 is 0 Å². The highest BCUT2D eigenvalue weighted by atomic mass is 16.5. The molecule has 5 heterocycles. The zero-order valence-electron chi connectivity index (χ0n) is 41.6. The van der Waals surface area contributed by atoms with E-state index in [0.717, 1.165) is 143 Å². The van der Waals surface area contributed by atoms with Crippen LogP contribution in [0.25, 0.3) is 11.1 Å². The van der Waals surface area contributed by atoms with Crippen molar-refractivity contribution in [3.8, 4) is 16.9 Å². The van der Waals surface area contributed by atoms with Crippen molar-refractivity contribution < 1.29 is 33.4 Å². The first-order valence-corrected chi connectivity index (χ1v) is 25.3. The number of hydrogen-bond acceptors (Lipinski definition) is 11. The van der Waals surface area contributed by atoms with Gasteiger partial charge in [0.15, 0.2) is 0 Å². The molecular formula is C55H69N7O8. The number of benzene rings is 3. The number of carbonyl (C=O) groups is 5. The van der Waals surface area contributed by atoms with Gasteiger partial charge in [-0.25, -0.2) is 0 Å². The summed E-state index contributed by atoms with van der Waals surface area (Å²) in [4.78, 5) is 86.3. The molecule has 372 valence electrons. The molecule has 3 aromatic carbocycles. The molecule has 4 aromatic rings. The maximum Gasteiger partial charge on any atom is 0.266 e. The minimum Gasteiger partial charge on any atom is -0.493 e. The van der Waals surface area contributed by atoms with Crippen molar-refractivity contribution in [2.24, 2.45) is 7.05 Å². The third-order valence-corrected chi connectivity index (χ3v) is 14.8. The number of imide groups is 2. The van der Waals surface area contributed by atoms with Gasteiger partial charge < -0.3 is 29.2 Å². The van der Waals surface area contributed by atoms with Crippen molar-refractivity contribution >= 4 is 35.2 Å². The highest BCUT2D eigenvalue weighted by Crippen LogP contribution is 2.36. The Labute approximate surface area is 411 Å². The molecule has 5 amide bonds. The van der Waals surface area contributed by atoms with E-state index < -0.39 is 29.7 Å². The molecule has 0 saturated carbocycles. The van der Waals surface area contributed by atoms with E-state index in [0.29, 0.717) is 29.5 Å². The molecule has 1 unspecified atom stereocenters. The van der Waals surface area contributed by atoms with Gasteiger partial charge in [0.2, 0.25) is 11.8 Å². The second-order valence-electron chi connectivity index (χ2n) is 19.3. The van der Waals surface area contributed by atoms with E-state index in [-0.39, 0.29) is 42.0 Å². The lowest BCUT2D eigenvalue weighted by molar-refractivity contribution is -0.136. The molecule has 3 saturated heterocycles. The second kappa shape index (κ2) is 22.7. The van der Waals surface area contributed by atoms with Crippen molar-refractivity contribution in [1.82, 2.24) is 29.9 Å². The quantitative estimate of drug-likeness (QED) is 0.0784. The molecule has 0 aliphatic carbocycles. The fourth-order valence-electron chi connectivity index (χ4n) is 10.5. The summed E-state index contributed by atoms with van der Waals surface area (Å²) in [5.74, 6) is -1.97. The number of unbranched alkanes of at least 4 members (excludes halogenated alkanes) is 4. The van der Waals surface area contributed by atoms with Gasteiger partial charge in [-0.15, -0.1) is 0 Å². The monoisotopic (exact) mass is 956 g/mol. The van der Waals surface area contributed by atoms with Crippen LogP contribution in [0.1, 0.15) is 124 Å². The van der Waals surface area contributed by atoms with E-state index in [1.807, 2.05) is 32.9 Å². The maximum absolute atomic E-state index is 14.1. The van der Waals surface area contributed by atoms with Gasteiger partial charge in [-0.1, -0.05) is 49.6 Å². The summed E-state index contributed by atoms with van der Waals surface area (Å²) >= 11 is 0. The van der Waals surface area contributed by atoms with Gasteiger partial charge in [0, 0.05) is 101 Å². The summed E-state index contributed by atoms with van der Waals surface area (Å²) in [5.41, 5.74) is 8.56. The van der Waals surface area contributed by atoms with Gasteiger partial charge in [0.1, 0.15) is 11.8 Å². The van der Waals surface area contributed by atoms with E-state index in [2.05, 4.69) is 62.6 Å². The molecule has 0 spiro atoms. The number of aromatic nitrogens is 1. The number of hydrogen-bond donors (Lipinski definition) is 2. The number of nitrogens with zero attached hydrogens (tertiary/aromatic N) is 5. The fourth-order valence-corrected chi connectivity index (χ4v) is 10.5. The van der Waals surface area contributed by atoms with E-state index in [1.165, 1.54) is 5.56 Å². The van der Waals surface area contributed by atoms with Gasteiger partial charge in [0.25, 0.3) is 23.3 Å². The minimum absolute atomic E-state index is 0.0746. The molecule has 8 rings (SSSR count). The predicted molar refractivity (Wildman–Crippen MR) is 269 cm³/mol. The number of rotatable bonds is 19. The topological polar surface area (TPSA) is 163 Å². The number of piperazine rings is 1. The predicted octanol–water partition coefficient (Wildman–Crippen LogP) is 6.46. The molecule has 3 fully saturated rings. The first kappa shape index (κ1) is 50.2. The van der Waals surface area contributed by atoms with Crippen LogP contribution in [0.3, 0.4) is 0 Å². The zero-order valence-corrected chi connectivity index (χ0v) is 41.6. The summed E-state index contributed by atoms with van der Waals surface area (Å²) < 4.78 is 13.4. The fraction of sp³-hybridized carbons (Fsp3) is 0.491. The van der Waals surface area contributed by atoms with Crippen LogP contribution in [0.2, 0.25) is 0 Å². The van der Waals surface area contributed by atoms with Gasteiger partial charge in [-0.3, -0.25) is 43.9 Å². The van der Waals surface area contributed by atoms with Crippen LogP contribution in [0.15, 0.2) is 65.5 Å². The number of nitrogens with one attached hydrogen (secondary N) is 2. The summed E-state index contributed by atoms with van der Waals surface area (Å²) in [5, 5.41) is 5.33. The molecule has 4 aliphatic rings. The summed E-state index contributed by atoms with van der Waals surface area (Å²) in [6, 6.07) is 19.3. The number of aryl methyl sites for hydroxylation is 2. The van der Waals surface area contributed by atoms with Crippen molar-refractivity contribution in [3.05, 3.63) is 116 Å². The molecular weight excluding hydrogens is 887 g/mol. The van der Waals surface area contributed by atoms with Gasteiger partial charge >= 0.3 is 0 Å². The first-order chi connectivity index (χ1) is 33.8. The lowest BCUT2D eigenvalue weighted by atomic mass is 9.94. The molecule has 2 N–H and O–H groups in total. The van der Waals surface area contributed by atoms with Crippen LogP contribution in [-0.2, 0) is 34.5 Å². The minimum atomic E-state index is -1.01. The van der Waals surface area contributed by atoms with Gasteiger partial charge in [-0.2, -0.15) is 0 Å². The summed E-state index contributed by atoms with van der Waals surface area (Å²) in [7, 11) is 1.76. The molecule has 1 aromatic heterocycles. The molecule has 1 atom stereocenters. The first-order valence-electron chi connectivity index (χ1n) is 25.3. The van der Waals surface area contributed by atoms with Crippen molar-refractivity contribution in [2.45, 2.75) is 111 Å². The molecule has 15 heteroatoms. The van der Waals surface area contributed by atoms with Crippen molar-refractivity contribution in [3.63, 3.8) is 0 Å². The molecule has 70 heavy (non-hydrogen) atoms. The van der Waals surface area contributed by atoms with Crippen molar-refractivity contribution in [2.75, 3.05) is 64.0 Å². The Hall–Kier alpha value is -6.16.